The van der Waals surface area contributed by atoms with E-state index in [0.29, 0.717) is 27.7 Å². The quantitative estimate of drug-likeness (QED) is 0.212. The first kappa shape index (κ1) is 30.6. The van der Waals surface area contributed by atoms with Gasteiger partial charge in [-0.1, -0.05) is 59.8 Å². The zero-order valence-corrected chi connectivity index (χ0v) is 27.2. The molecule has 0 spiro atoms. The Balaban J connectivity index is 1.35. The van der Waals surface area contributed by atoms with E-state index in [2.05, 4.69) is 58.9 Å². The number of hydrogen-bond donors (Lipinski definition) is 2. The van der Waals surface area contributed by atoms with Crippen molar-refractivity contribution in [2.24, 2.45) is 0 Å². The van der Waals surface area contributed by atoms with Crippen LogP contribution in [0.2, 0.25) is 10.0 Å². The molecule has 0 amide bonds. The van der Waals surface area contributed by atoms with Crippen molar-refractivity contribution in [3.63, 3.8) is 0 Å². The highest BCUT2D eigenvalue weighted by molar-refractivity contribution is 6.32. The van der Waals surface area contributed by atoms with Crippen LogP contribution >= 0.6 is 23.2 Å². The second-order valence-electron chi connectivity index (χ2n) is 13.1. The van der Waals surface area contributed by atoms with Gasteiger partial charge in [-0.2, -0.15) is 5.26 Å². The maximum absolute atomic E-state index is 9.97. The molecule has 8 nitrogen and oxygen atoms in total. The molecule has 1 saturated heterocycles. The fourth-order valence-electron chi connectivity index (χ4n) is 6.61. The molecule has 2 fully saturated rings. The van der Waals surface area contributed by atoms with Crippen molar-refractivity contribution >= 4 is 45.5 Å². The number of piperidine rings is 1. The molecule has 2 aromatic heterocycles. The number of pyridine rings is 1. The molecule has 1 saturated carbocycles. The molecule has 230 valence electrons. The van der Waals surface area contributed by atoms with Crippen LogP contribution in [-0.4, -0.2) is 49.5 Å². The van der Waals surface area contributed by atoms with Crippen molar-refractivity contribution in [2.45, 2.75) is 89.4 Å². The molecule has 0 unspecified atom stereocenters. The number of aromatic nitrogens is 4. The largest absolute Gasteiger partial charge is 0.381 e. The first-order chi connectivity index (χ1) is 21.2. The standard InChI is InChI=1S/C34H40Cl2N8/c1-34(2,3)43-15-13-27(14-16-43)44-21-30(41-42-44)32(22-9-11-24(35)12-10-22)40-29-18-25(36)17-28-31(23(19-37)20-38-33(28)29)39-26-7-5-4-6-8-26/h9-12,17-18,20-21,26-27,32,40H,4-8,13-16H2,1-3H3,(H,38,39)/t32-/m0/s1. The molecule has 10 heteroatoms. The number of nitriles is 1. The zero-order chi connectivity index (χ0) is 30.8. The Labute approximate surface area is 269 Å². The number of rotatable bonds is 7. The third-order valence-electron chi connectivity index (χ3n) is 9.12. The van der Waals surface area contributed by atoms with E-state index >= 15 is 0 Å². The van der Waals surface area contributed by atoms with Crippen LogP contribution in [0.15, 0.2) is 48.8 Å². The SMILES string of the molecule is CC(C)(C)N1CCC(n2cc([C@@H](Nc3cc(Cl)cc4c(NC5CCCCC5)c(C#N)cnc34)c3ccc(Cl)cc3)nn2)CC1. The maximum Gasteiger partial charge on any atom is 0.109 e. The minimum atomic E-state index is -0.329. The predicted molar refractivity (Wildman–Crippen MR) is 179 cm³/mol. The molecule has 3 heterocycles. The Hall–Kier alpha value is -3.38. The molecule has 1 atom stereocenters. The first-order valence-electron chi connectivity index (χ1n) is 15.7. The van der Waals surface area contributed by atoms with E-state index in [0.717, 1.165) is 72.3 Å². The lowest BCUT2D eigenvalue weighted by molar-refractivity contribution is 0.0866. The average molecular weight is 632 g/mol. The average Bonchev–Trinajstić information content (AvgIpc) is 3.51. The highest BCUT2D eigenvalue weighted by Gasteiger charge is 2.29. The molecular formula is C34H40Cl2N8. The minimum absolute atomic E-state index is 0.162. The number of nitrogens with one attached hydrogen (secondary N) is 2. The van der Waals surface area contributed by atoms with E-state index in [1.54, 1.807) is 6.20 Å². The lowest BCUT2D eigenvalue weighted by Gasteiger charge is -2.40. The predicted octanol–water partition coefficient (Wildman–Crippen LogP) is 8.39. The van der Waals surface area contributed by atoms with Crippen molar-refractivity contribution < 1.29 is 0 Å². The second-order valence-corrected chi connectivity index (χ2v) is 14.0. The summed E-state index contributed by atoms with van der Waals surface area (Å²) in [5.74, 6) is 0. The number of likely N-dealkylation sites (tertiary alicyclic amines) is 1. The van der Waals surface area contributed by atoms with Gasteiger partial charge < -0.3 is 10.6 Å². The molecule has 2 N–H and O–H groups in total. The Kier molecular flexibility index (Phi) is 9.00. The molecule has 2 aliphatic rings. The van der Waals surface area contributed by atoms with Crippen LogP contribution < -0.4 is 10.6 Å². The van der Waals surface area contributed by atoms with Gasteiger partial charge in [0, 0.05) is 46.3 Å². The van der Waals surface area contributed by atoms with Gasteiger partial charge in [-0.3, -0.25) is 9.88 Å². The summed E-state index contributed by atoms with van der Waals surface area (Å²) in [7, 11) is 0. The van der Waals surface area contributed by atoms with Crippen molar-refractivity contribution in [1.29, 1.82) is 5.26 Å². The van der Waals surface area contributed by atoms with Gasteiger partial charge in [-0.25, -0.2) is 4.68 Å². The van der Waals surface area contributed by atoms with Crippen LogP contribution in [0.5, 0.6) is 0 Å². The summed E-state index contributed by atoms with van der Waals surface area (Å²) >= 11 is 13.0. The summed E-state index contributed by atoms with van der Waals surface area (Å²) in [4.78, 5) is 7.29. The normalized spacial score (nSPS) is 17.8. The highest BCUT2D eigenvalue weighted by atomic mass is 35.5. The molecule has 1 aliphatic carbocycles. The Morgan fingerprint density at radius 1 is 0.977 bits per heavy atom. The molecule has 44 heavy (non-hydrogen) atoms. The number of nitrogens with zero attached hydrogens (tertiary/aromatic N) is 6. The zero-order valence-electron chi connectivity index (χ0n) is 25.7. The van der Waals surface area contributed by atoms with Gasteiger partial charge >= 0.3 is 0 Å². The number of fused-ring (bicyclic) bond motifs is 1. The van der Waals surface area contributed by atoms with Crippen LogP contribution in [0.4, 0.5) is 11.4 Å². The fourth-order valence-corrected chi connectivity index (χ4v) is 6.95. The summed E-state index contributed by atoms with van der Waals surface area (Å²) in [6.45, 7) is 8.88. The highest BCUT2D eigenvalue weighted by Crippen LogP contribution is 2.38. The summed E-state index contributed by atoms with van der Waals surface area (Å²) < 4.78 is 2.03. The molecule has 0 bridgehead atoms. The maximum atomic E-state index is 9.97. The molecule has 4 aromatic rings. The van der Waals surface area contributed by atoms with Crippen LogP contribution in [0.1, 0.15) is 94.6 Å². The van der Waals surface area contributed by atoms with Gasteiger partial charge in [-0.05, 0) is 76.3 Å². The Bertz CT molecular complexity index is 1640. The van der Waals surface area contributed by atoms with Gasteiger partial charge in [0.2, 0.25) is 0 Å². The first-order valence-corrected chi connectivity index (χ1v) is 16.4. The number of halogens is 2. The summed E-state index contributed by atoms with van der Waals surface area (Å²) in [6, 6.07) is 14.2. The summed E-state index contributed by atoms with van der Waals surface area (Å²) in [5.41, 5.74) is 4.77. The molecule has 0 radical (unpaired) electrons. The Morgan fingerprint density at radius 2 is 1.70 bits per heavy atom. The summed E-state index contributed by atoms with van der Waals surface area (Å²) in [6.07, 6.45) is 11.6. The van der Waals surface area contributed by atoms with Gasteiger partial charge in [0.1, 0.15) is 11.8 Å². The van der Waals surface area contributed by atoms with Crippen LogP contribution in [0.25, 0.3) is 10.9 Å². The number of hydrogen-bond acceptors (Lipinski definition) is 7. The smallest absolute Gasteiger partial charge is 0.109 e. The lowest BCUT2D eigenvalue weighted by Crippen LogP contribution is -2.46. The van der Waals surface area contributed by atoms with E-state index in [9.17, 15) is 5.26 Å². The molecule has 2 aromatic carbocycles. The topological polar surface area (TPSA) is 94.7 Å². The van der Waals surface area contributed by atoms with E-state index in [4.69, 9.17) is 28.2 Å². The Morgan fingerprint density at radius 3 is 2.39 bits per heavy atom. The molecule has 1 aliphatic heterocycles. The monoisotopic (exact) mass is 630 g/mol. The van der Waals surface area contributed by atoms with Crippen LogP contribution in [-0.2, 0) is 0 Å². The third-order valence-corrected chi connectivity index (χ3v) is 9.59. The molecule has 6 rings (SSSR count). The van der Waals surface area contributed by atoms with Gasteiger partial charge in [-0.15, -0.1) is 5.10 Å². The minimum Gasteiger partial charge on any atom is -0.381 e. The fraction of sp³-hybridized carbons (Fsp3) is 0.471. The van der Waals surface area contributed by atoms with Gasteiger partial charge in [0.05, 0.1) is 40.7 Å². The lowest BCUT2D eigenvalue weighted by atomic mass is 9.94. The van der Waals surface area contributed by atoms with Gasteiger partial charge in [0.25, 0.3) is 0 Å². The van der Waals surface area contributed by atoms with Gasteiger partial charge in [0.15, 0.2) is 0 Å². The van der Waals surface area contributed by atoms with Crippen LogP contribution in [0.3, 0.4) is 0 Å². The van der Waals surface area contributed by atoms with E-state index in [-0.39, 0.29) is 11.6 Å². The van der Waals surface area contributed by atoms with Crippen molar-refractivity contribution in [3.8, 4) is 6.07 Å². The van der Waals surface area contributed by atoms with Crippen molar-refractivity contribution in [1.82, 2.24) is 24.9 Å². The van der Waals surface area contributed by atoms with E-state index in [1.165, 1.54) is 19.3 Å². The molecular weight excluding hydrogens is 591 g/mol. The summed E-state index contributed by atoms with van der Waals surface area (Å²) in [5, 5.41) is 28.7. The van der Waals surface area contributed by atoms with Crippen molar-refractivity contribution in [2.75, 3.05) is 23.7 Å². The van der Waals surface area contributed by atoms with Crippen LogP contribution in [0, 0.1) is 11.3 Å². The number of anilines is 2. The third kappa shape index (κ3) is 6.66. The second kappa shape index (κ2) is 12.9. The van der Waals surface area contributed by atoms with Crippen molar-refractivity contribution in [3.05, 3.63) is 75.7 Å². The van der Waals surface area contributed by atoms with E-state index < -0.39 is 0 Å². The number of benzene rings is 2. The van der Waals surface area contributed by atoms with E-state index in [1.807, 2.05) is 41.1 Å².